The van der Waals surface area contributed by atoms with Crippen molar-refractivity contribution in [2.75, 3.05) is 24.8 Å². The maximum absolute atomic E-state index is 11.2. The van der Waals surface area contributed by atoms with Crippen molar-refractivity contribution in [3.8, 4) is 11.5 Å². The van der Waals surface area contributed by atoms with Crippen LogP contribution in [0.3, 0.4) is 0 Å². The number of hydrogen-bond acceptors (Lipinski definition) is 8. The second-order valence-electron chi connectivity index (χ2n) is 6.21. The van der Waals surface area contributed by atoms with Gasteiger partial charge < -0.3 is 14.8 Å². The highest BCUT2D eigenvalue weighted by Gasteiger charge is 2.24. The summed E-state index contributed by atoms with van der Waals surface area (Å²) in [6, 6.07) is 11.3. The Morgan fingerprint density at radius 3 is 2.89 bits per heavy atom. The first-order valence-electron chi connectivity index (χ1n) is 8.32. The zero-order chi connectivity index (χ0) is 19.7. The summed E-state index contributed by atoms with van der Waals surface area (Å²) in [6.07, 6.45) is 1.93. The monoisotopic (exact) mass is 465 g/mol. The summed E-state index contributed by atoms with van der Waals surface area (Å²) >= 11 is 3.45. The van der Waals surface area contributed by atoms with Gasteiger partial charge in [0.25, 0.3) is 10.1 Å². The van der Waals surface area contributed by atoms with Gasteiger partial charge in [0, 0.05) is 21.6 Å². The quantitative estimate of drug-likeness (QED) is 0.573. The molecule has 0 saturated carbocycles. The lowest BCUT2D eigenvalue weighted by atomic mass is 10.2. The number of aromatic nitrogens is 2. The van der Waals surface area contributed by atoms with Crippen LogP contribution in [0.25, 0.3) is 10.9 Å². The van der Waals surface area contributed by atoms with Crippen molar-refractivity contribution in [2.24, 2.45) is 0 Å². The lowest BCUT2D eigenvalue weighted by molar-refractivity contribution is 0.0560. The van der Waals surface area contributed by atoms with E-state index in [9.17, 15) is 8.42 Å². The van der Waals surface area contributed by atoms with Gasteiger partial charge in [-0.3, -0.25) is 4.18 Å². The van der Waals surface area contributed by atoms with E-state index in [4.69, 9.17) is 13.7 Å². The van der Waals surface area contributed by atoms with Gasteiger partial charge in [-0.2, -0.15) is 8.42 Å². The highest BCUT2D eigenvalue weighted by Crippen LogP contribution is 2.37. The molecule has 1 aliphatic heterocycles. The molecular formula is C18H16BrN3O5S. The van der Waals surface area contributed by atoms with E-state index in [1.807, 2.05) is 24.3 Å². The molecule has 0 fully saturated rings. The molecule has 1 atom stereocenters. The lowest BCUT2D eigenvalue weighted by Gasteiger charge is -2.26. The van der Waals surface area contributed by atoms with E-state index in [-0.39, 0.29) is 13.2 Å². The van der Waals surface area contributed by atoms with Crippen molar-refractivity contribution < 1.29 is 22.1 Å². The molecule has 2 heterocycles. The van der Waals surface area contributed by atoms with E-state index in [1.54, 1.807) is 12.1 Å². The van der Waals surface area contributed by atoms with Crippen molar-refractivity contribution in [3.05, 3.63) is 47.2 Å². The number of benzene rings is 2. The number of nitrogens with one attached hydrogen (secondary N) is 1. The summed E-state index contributed by atoms with van der Waals surface area (Å²) in [5.74, 6) is 1.63. The number of fused-ring (bicyclic) bond motifs is 2. The molecule has 0 bridgehead atoms. The van der Waals surface area contributed by atoms with Crippen molar-refractivity contribution in [3.63, 3.8) is 0 Å². The van der Waals surface area contributed by atoms with E-state index in [0.29, 0.717) is 22.8 Å². The molecule has 146 valence electrons. The Morgan fingerprint density at radius 2 is 2.11 bits per heavy atom. The summed E-state index contributed by atoms with van der Waals surface area (Å²) in [4.78, 5) is 8.63. The molecule has 0 radical (unpaired) electrons. The Morgan fingerprint density at radius 1 is 1.25 bits per heavy atom. The maximum Gasteiger partial charge on any atom is 0.264 e. The molecule has 1 N–H and O–H groups in total. The van der Waals surface area contributed by atoms with Gasteiger partial charge in [-0.25, -0.2) is 9.97 Å². The van der Waals surface area contributed by atoms with Crippen LogP contribution in [-0.4, -0.2) is 44.0 Å². The smallest absolute Gasteiger partial charge is 0.264 e. The molecule has 4 rings (SSSR count). The molecule has 0 aliphatic carbocycles. The fourth-order valence-corrected chi connectivity index (χ4v) is 3.55. The van der Waals surface area contributed by atoms with Crippen molar-refractivity contribution in [2.45, 2.75) is 6.10 Å². The van der Waals surface area contributed by atoms with Gasteiger partial charge >= 0.3 is 0 Å². The Labute approximate surface area is 170 Å². The van der Waals surface area contributed by atoms with E-state index < -0.39 is 16.2 Å². The van der Waals surface area contributed by atoms with Crippen molar-refractivity contribution >= 4 is 48.5 Å². The predicted octanol–water partition coefficient (Wildman–Crippen LogP) is 3.25. The van der Waals surface area contributed by atoms with E-state index in [2.05, 4.69) is 31.2 Å². The molecule has 0 amide bonds. The average Bonchev–Trinajstić information content (AvgIpc) is 2.64. The number of nitrogens with zero attached hydrogens (tertiary/aromatic N) is 2. The molecule has 0 saturated heterocycles. The molecule has 1 aliphatic rings. The Hall–Kier alpha value is -2.43. The van der Waals surface area contributed by atoms with Gasteiger partial charge in [0.1, 0.15) is 25.4 Å². The van der Waals surface area contributed by atoms with Crippen LogP contribution in [0.5, 0.6) is 11.5 Å². The van der Waals surface area contributed by atoms with Crippen LogP contribution in [0.4, 0.5) is 11.5 Å². The van der Waals surface area contributed by atoms with Gasteiger partial charge in [-0.15, -0.1) is 0 Å². The molecule has 1 aromatic heterocycles. The Bertz CT molecular complexity index is 1140. The minimum absolute atomic E-state index is 0.120. The molecule has 2 aromatic carbocycles. The van der Waals surface area contributed by atoms with Crippen LogP contribution in [0.1, 0.15) is 0 Å². The third kappa shape index (κ3) is 4.34. The summed E-state index contributed by atoms with van der Waals surface area (Å²) in [5, 5.41) is 4.01. The number of ether oxygens (including phenoxy) is 2. The fourth-order valence-electron chi connectivity index (χ4n) is 2.75. The third-order valence-corrected chi connectivity index (χ3v) is 5.03. The highest BCUT2D eigenvalue weighted by atomic mass is 79.9. The number of halogens is 1. The molecule has 0 spiro atoms. The zero-order valence-electron chi connectivity index (χ0n) is 14.8. The molecule has 1 unspecified atom stereocenters. The van der Waals surface area contributed by atoms with Gasteiger partial charge in [-0.1, -0.05) is 22.0 Å². The van der Waals surface area contributed by atoms with Gasteiger partial charge in [0.05, 0.1) is 11.8 Å². The minimum atomic E-state index is -3.55. The minimum Gasteiger partial charge on any atom is -0.486 e. The molecule has 10 heteroatoms. The topological polar surface area (TPSA) is 99.6 Å². The second-order valence-corrected chi connectivity index (χ2v) is 8.77. The Balaban J connectivity index is 1.63. The van der Waals surface area contributed by atoms with Gasteiger partial charge in [0.2, 0.25) is 0 Å². The average molecular weight is 466 g/mol. The molecule has 28 heavy (non-hydrogen) atoms. The second kappa shape index (κ2) is 7.53. The summed E-state index contributed by atoms with van der Waals surface area (Å²) in [5.41, 5.74) is 1.56. The van der Waals surface area contributed by atoms with E-state index >= 15 is 0 Å². The van der Waals surface area contributed by atoms with Crippen LogP contribution in [-0.2, 0) is 14.3 Å². The fraction of sp³-hybridized carbons (Fsp3) is 0.222. The summed E-state index contributed by atoms with van der Waals surface area (Å²) in [7, 11) is -3.55. The number of anilines is 2. The highest BCUT2D eigenvalue weighted by molar-refractivity contribution is 9.10. The van der Waals surface area contributed by atoms with Crippen LogP contribution in [0, 0.1) is 0 Å². The predicted molar refractivity (Wildman–Crippen MR) is 108 cm³/mol. The SMILES string of the molecule is CS(=O)(=O)OCC1COc2cc3ncnc(Nc4cccc(Br)c4)c3cc2O1. The summed E-state index contributed by atoms with van der Waals surface area (Å²) in [6.45, 7) is 0.0625. The zero-order valence-corrected chi connectivity index (χ0v) is 17.2. The first kappa shape index (κ1) is 18.9. The van der Waals surface area contributed by atoms with Crippen LogP contribution in [0.2, 0.25) is 0 Å². The van der Waals surface area contributed by atoms with Crippen LogP contribution in [0.15, 0.2) is 47.2 Å². The van der Waals surface area contributed by atoms with Gasteiger partial charge in [-0.05, 0) is 24.3 Å². The standard InChI is InChI=1S/C18H16BrN3O5S/c1-28(23,24)26-9-13-8-25-16-7-15-14(6-17(16)27-13)18(21-10-20-15)22-12-4-2-3-11(19)5-12/h2-7,10,13H,8-9H2,1H3,(H,20,21,22). The lowest BCUT2D eigenvalue weighted by Crippen LogP contribution is -2.34. The molecule has 8 nitrogen and oxygen atoms in total. The van der Waals surface area contributed by atoms with Crippen molar-refractivity contribution in [1.82, 2.24) is 9.97 Å². The largest absolute Gasteiger partial charge is 0.486 e. The van der Waals surface area contributed by atoms with Crippen LogP contribution < -0.4 is 14.8 Å². The third-order valence-electron chi connectivity index (χ3n) is 3.97. The normalized spacial score (nSPS) is 16.1. The van der Waals surface area contributed by atoms with Crippen LogP contribution >= 0.6 is 15.9 Å². The van der Waals surface area contributed by atoms with Crippen molar-refractivity contribution in [1.29, 1.82) is 0 Å². The Kier molecular flexibility index (Phi) is 5.09. The number of rotatable bonds is 5. The van der Waals surface area contributed by atoms with E-state index in [0.717, 1.165) is 21.8 Å². The number of hydrogen-bond donors (Lipinski definition) is 1. The summed E-state index contributed by atoms with van der Waals surface area (Å²) < 4.78 is 39.7. The first-order chi connectivity index (χ1) is 13.4. The maximum atomic E-state index is 11.2. The molecular weight excluding hydrogens is 450 g/mol. The van der Waals surface area contributed by atoms with E-state index in [1.165, 1.54) is 6.33 Å². The molecule has 3 aromatic rings. The first-order valence-corrected chi connectivity index (χ1v) is 10.9. The van der Waals surface area contributed by atoms with Gasteiger partial charge in [0.15, 0.2) is 17.6 Å².